The van der Waals surface area contributed by atoms with Crippen molar-refractivity contribution >= 4 is 5.91 Å². The standard InChI is InChI=1S/C28H33NO3/c1-18-4-2-6-20(12-18)15-24(30)10-11-25-26-16-21(14-23(26)17-27(25)31)9-8-19-5-3-7-22(13-19)28(29)32/h2-7,10-14,23-27,30-31H,8-9,15-17H2,1H3,(H2,29,32)/t23-,24+,25+,26-,27+/m0/s1. The Labute approximate surface area is 190 Å². The third kappa shape index (κ3) is 5.37. The third-order valence-corrected chi connectivity index (χ3v) is 6.98. The number of carbonyl (C=O) groups excluding carboxylic acids is 1. The van der Waals surface area contributed by atoms with Crippen LogP contribution < -0.4 is 5.73 Å². The van der Waals surface area contributed by atoms with Gasteiger partial charge in [0, 0.05) is 17.9 Å². The minimum atomic E-state index is -0.547. The molecule has 2 aliphatic rings. The molecule has 1 saturated carbocycles. The van der Waals surface area contributed by atoms with Crippen molar-refractivity contribution in [3.63, 3.8) is 0 Å². The lowest BCUT2D eigenvalue weighted by Gasteiger charge is -2.19. The van der Waals surface area contributed by atoms with Gasteiger partial charge in [0.15, 0.2) is 0 Å². The third-order valence-electron chi connectivity index (χ3n) is 6.98. The first-order valence-electron chi connectivity index (χ1n) is 11.6. The molecule has 0 aromatic heterocycles. The molecule has 0 saturated heterocycles. The van der Waals surface area contributed by atoms with Crippen molar-refractivity contribution in [1.82, 2.24) is 0 Å². The number of aryl methyl sites for hydroxylation is 2. The van der Waals surface area contributed by atoms with Crippen LogP contribution in [0.3, 0.4) is 0 Å². The molecular formula is C28H33NO3. The first-order chi connectivity index (χ1) is 15.4. The van der Waals surface area contributed by atoms with Crippen LogP contribution in [0.1, 0.15) is 46.3 Å². The van der Waals surface area contributed by atoms with E-state index in [0.717, 1.165) is 36.8 Å². The summed E-state index contributed by atoms with van der Waals surface area (Å²) in [5.41, 5.74) is 10.8. The predicted molar refractivity (Wildman–Crippen MR) is 127 cm³/mol. The molecule has 0 spiro atoms. The average Bonchev–Trinajstić information content (AvgIpc) is 3.27. The van der Waals surface area contributed by atoms with E-state index in [-0.39, 0.29) is 12.0 Å². The Hall–Kier alpha value is -2.69. The number of rotatable bonds is 8. The van der Waals surface area contributed by atoms with Gasteiger partial charge in [0.05, 0.1) is 12.2 Å². The predicted octanol–water partition coefficient (Wildman–Crippen LogP) is 4.13. The Bertz CT molecular complexity index is 1020. The molecule has 0 heterocycles. The summed E-state index contributed by atoms with van der Waals surface area (Å²) >= 11 is 0. The van der Waals surface area contributed by atoms with Gasteiger partial charge in [0.25, 0.3) is 0 Å². The molecule has 2 aromatic rings. The highest BCUT2D eigenvalue weighted by atomic mass is 16.3. The minimum Gasteiger partial charge on any atom is -0.392 e. The van der Waals surface area contributed by atoms with Crippen LogP contribution in [0.2, 0.25) is 0 Å². The van der Waals surface area contributed by atoms with Gasteiger partial charge in [-0.25, -0.2) is 0 Å². The Balaban J connectivity index is 1.33. The molecule has 168 valence electrons. The maximum Gasteiger partial charge on any atom is 0.248 e. The molecular weight excluding hydrogens is 398 g/mol. The van der Waals surface area contributed by atoms with E-state index in [1.165, 1.54) is 11.1 Å². The summed E-state index contributed by atoms with van der Waals surface area (Å²) in [7, 11) is 0. The zero-order chi connectivity index (χ0) is 22.7. The van der Waals surface area contributed by atoms with Gasteiger partial charge in [-0.05, 0) is 67.7 Å². The second-order valence-corrected chi connectivity index (χ2v) is 9.45. The zero-order valence-corrected chi connectivity index (χ0v) is 18.7. The number of aliphatic hydroxyl groups excluding tert-OH is 2. The van der Waals surface area contributed by atoms with Crippen molar-refractivity contribution in [1.29, 1.82) is 0 Å². The number of primary amides is 1. The molecule has 4 heteroatoms. The fourth-order valence-corrected chi connectivity index (χ4v) is 5.38. The SMILES string of the molecule is Cc1cccc(C[C@H](O)C=C[C@@H]2[C@H]3CC(CCc4cccc(C(N)=O)c4)=C[C@H]3C[C@H]2O)c1. The summed E-state index contributed by atoms with van der Waals surface area (Å²) in [5.74, 6) is 0.494. The summed E-state index contributed by atoms with van der Waals surface area (Å²) in [6.07, 6.45) is 9.56. The number of fused-ring (bicyclic) bond motifs is 1. The average molecular weight is 432 g/mol. The van der Waals surface area contributed by atoms with Crippen LogP contribution >= 0.6 is 0 Å². The molecule has 4 rings (SSSR count). The maximum absolute atomic E-state index is 11.4. The summed E-state index contributed by atoms with van der Waals surface area (Å²) in [5, 5.41) is 21.1. The summed E-state index contributed by atoms with van der Waals surface area (Å²) in [4.78, 5) is 11.4. The van der Waals surface area contributed by atoms with E-state index in [9.17, 15) is 15.0 Å². The highest BCUT2D eigenvalue weighted by Gasteiger charge is 2.43. The highest BCUT2D eigenvalue weighted by molar-refractivity contribution is 5.92. The Kier molecular flexibility index (Phi) is 6.92. The van der Waals surface area contributed by atoms with Crippen LogP contribution in [0.15, 0.2) is 72.3 Å². The van der Waals surface area contributed by atoms with E-state index in [4.69, 9.17) is 5.73 Å². The second-order valence-electron chi connectivity index (χ2n) is 9.45. The fraction of sp³-hybridized carbons (Fsp3) is 0.393. The maximum atomic E-state index is 11.4. The lowest BCUT2D eigenvalue weighted by atomic mass is 9.88. The van der Waals surface area contributed by atoms with E-state index < -0.39 is 12.0 Å². The number of hydrogen-bond acceptors (Lipinski definition) is 3. The van der Waals surface area contributed by atoms with E-state index in [2.05, 4.69) is 25.1 Å². The number of carbonyl (C=O) groups is 1. The van der Waals surface area contributed by atoms with Crippen LogP contribution in [0.5, 0.6) is 0 Å². The lowest BCUT2D eigenvalue weighted by Crippen LogP contribution is -2.18. The molecule has 1 amide bonds. The van der Waals surface area contributed by atoms with E-state index in [1.807, 2.05) is 42.5 Å². The highest BCUT2D eigenvalue weighted by Crippen LogP contribution is 2.48. The van der Waals surface area contributed by atoms with Crippen LogP contribution in [0.25, 0.3) is 0 Å². The molecule has 1 fully saturated rings. The molecule has 0 radical (unpaired) electrons. The Morgan fingerprint density at radius 3 is 2.72 bits per heavy atom. The van der Waals surface area contributed by atoms with E-state index >= 15 is 0 Å². The van der Waals surface area contributed by atoms with E-state index in [0.29, 0.717) is 23.8 Å². The van der Waals surface area contributed by atoms with Gasteiger partial charge in [-0.15, -0.1) is 0 Å². The molecule has 32 heavy (non-hydrogen) atoms. The molecule has 4 nitrogen and oxygen atoms in total. The van der Waals surface area contributed by atoms with Crippen molar-refractivity contribution < 1.29 is 15.0 Å². The monoisotopic (exact) mass is 431 g/mol. The number of allylic oxidation sites excluding steroid dienone is 2. The van der Waals surface area contributed by atoms with Gasteiger partial charge in [-0.2, -0.15) is 0 Å². The molecule has 4 N–H and O–H groups in total. The lowest BCUT2D eigenvalue weighted by molar-refractivity contribution is 0.1000. The number of aliphatic hydroxyl groups is 2. The first kappa shape index (κ1) is 22.5. The molecule has 2 aromatic carbocycles. The number of amides is 1. The van der Waals surface area contributed by atoms with Crippen LogP contribution in [-0.4, -0.2) is 28.3 Å². The minimum absolute atomic E-state index is 0.0825. The van der Waals surface area contributed by atoms with E-state index in [1.54, 1.807) is 6.07 Å². The zero-order valence-electron chi connectivity index (χ0n) is 18.7. The quantitative estimate of drug-likeness (QED) is 0.550. The van der Waals surface area contributed by atoms with Gasteiger partial charge >= 0.3 is 0 Å². The fourth-order valence-electron chi connectivity index (χ4n) is 5.38. The number of hydrogen-bond donors (Lipinski definition) is 3. The van der Waals surface area contributed by atoms with Crippen LogP contribution in [0, 0.1) is 24.7 Å². The molecule has 2 aliphatic carbocycles. The normalized spacial score (nSPS) is 25.7. The molecule has 5 atom stereocenters. The van der Waals surface area contributed by atoms with Crippen LogP contribution in [-0.2, 0) is 12.8 Å². The van der Waals surface area contributed by atoms with Crippen molar-refractivity contribution in [3.05, 3.63) is 94.6 Å². The van der Waals surface area contributed by atoms with Gasteiger partial charge in [0.2, 0.25) is 5.91 Å². The van der Waals surface area contributed by atoms with Gasteiger partial charge in [-0.3, -0.25) is 4.79 Å². The largest absolute Gasteiger partial charge is 0.392 e. The van der Waals surface area contributed by atoms with Crippen molar-refractivity contribution in [2.45, 2.75) is 51.2 Å². The molecule has 0 bridgehead atoms. The molecule has 0 unspecified atom stereocenters. The summed E-state index contributed by atoms with van der Waals surface area (Å²) < 4.78 is 0. The second kappa shape index (κ2) is 9.85. The van der Waals surface area contributed by atoms with Crippen molar-refractivity contribution in [2.75, 3.05) is 0 Å². The Morgan fingerprint density at radius 2 is 1.94 bits per heavy atom. The van der Waals surface area contributed by atoms with Gasteiger partial charge < -0.3 is 15.9 Å². The summed E-state index contributed by atoms with van der Waals surface area (Å²) in [6, 6.07) is 15.8. The van der Waals surface area contributed by atoms with Crippen molar-refractivity contribution in [3.8, 4) is 0 Å². The first-order valence-corrected chi connectivity index (χ1v) is 11.6. The smallest absolute Gasteiger partial charge is 0.248 e. The number of nitrogens with two attached hydrogens (primary N) is 1. The Morgan fingerprint density at radius 1 is 1.16 bits per heavy atom. The molecule has 0 aliphatic heterocycles. The van der Waals surface area contributed by atoms with Crippen molar-refractivity contribution in [2.24, 2.45) is 23.5 Å². The van der Waals surface area contributed by atoms with Gasteiger partial charge in [0.1, 0.15) is 0 Å². The topological polar surface area (TPSA) is 83.5 Å². The number of benzene rings is 2. The van der Waals surface area contributed by atoms with Gasteiger partial charge in [-0.1, -0.05) is 65.8 Å². The van der Waals surface area contributed by atoms with Crippen LogP contribution in [0.4, 0.5) is 0 Å². The summed E-state index contributed by atoms with van der Waals surface area (Å²) in [6.45, 7) is 2.06.